The quantitative estimate of drug-likeness (QED) is 0.800. The number of rotatable bonds is 3. The zero-order chi connectivity index (χ0) is 15.7. The molecular formula is C17H25NO4. The van der Waals surface area contributed by atoms with Crippen LogP contribution in [-0.4, -0.2) is 37.5 Å². The zero-order valence-electron chi connectivity index (χ0n) is 13.4. The molecule has 3 fully saturated rings. The van der Waals surface area contributed by atoms with E-state index in [1.54, 1.807) is 0 Å². The van der Waals surface area contributed by atoms with Crippen molar-refractivity contribution >= 4 is 5.78 Å². The molecule has 22 heavy (non-hydrogen) atoms. The lowest BCUT2D eigenvalue weighted by Gasteiger charge is -2.46. The van der Waals surface area contributed by atoms with E-state index >= 15 is 0 Å². The fourth-order valence-corrected chi connectivity index (χ4v) is 4.61. The van der Waals surface area contributed by atoms with Crippen LogP contribution in [0.2, 0.25) is 0 Å². The van der Waals surface area contributed by atoms with Crippen LogP contribution in [0.1, 0.15) is 39.5 Å². The topological polar surface area (TPSA) is 68.6 Å². The molecule has 0 aromatic carbocycles. The van der Waals surface area contributed by atoms with Crippen molar-refractivity contribution in [3.8, 4) is 6.07 Å². The van der Waals surface area contributed by atoms with Gasteiger partial charge in [0.1, 0.15) is 5.78 Å². The molecule has 0 bridgehead atoms. The molecule has 0 aromatic rings. The Morgan fingerprint density at radius 2 is 2.18 bits per heavy atom. The second-order valence-corrected chi connectivity index (χ2v) is 6.78. The first-order valence-corrected chi connectivity index (χ1v) is 8.43. The van der Waals surface area contributed by atoms with Gasteiger partial charge in [0.15, 0.2) is 5.79 Å². The first kappa shape index (κ1) is 15.9. The number of nitriles is 1. The summed E-state index contributed by atoms with van der Waals surface area (Å²) >= 11 is 0. The Kier molecular flexibility index (Phi) is 4.54. The maximum absolute atomic E-state index is 12.9. The van der Waals surface area contributed by atoms with Gasteiger partial charge in [-0.25, -0.2) is 0 Å². The predicted octanol–water partition coefficient (Wildman–Crippen LogP) is 2.30. The Bertz CT molecular complexity index is 466. The Morgan fingerprint density at radius 3 is 2.82 bits per heavy atom. The number of nitrogens with zero attached hydrogens (tertiary/aromatic N) is 1. The highest BCUT2D eigenvalue weighted by Gasteiger charge is 2.53. The van der Waals surface area contributed by atoms with Crippen LogP contribution in [0, 0.1) is 35.0 Å². The Balaban J connectivity index is 1.77. The molecule has 0 N–H and O–H groups in total. The van der Waals surface area contributed by atoms with Crippen molar-refractivity contribution in [1.82, 2.24) is 0 Å². The third kappa shape index (κ3) is 2.68. The third-order valence-electron chi connectivity index (χ3n) is 5.58. The molecule has 5 atom stereocenters. The summed E-state index contributed by atoms with van der Waals surface area (Å²) in [5.41, 5.74) is 0. The van der Waals surface area contributed by atoms with Crippen LogP contribution in [0.5, 0.6) is 0 Å². The van der Waals surface area contributed by atoms with Gasteiger partial charge in [0, 0.05) is 25.4 Å². The van der Waals surface area contributed by atoms with Gasteiger partial charge < -0.3 is 14.2 Å². The summed E-state index contributed by atoms with van der Waals surface area (Å²) in [6.45, 7) is 5.69. The SMILES string of the molecule is CCOC(C)C1C(=O)C2CCC3(CC2CC1C#N)OCCO3. The van der Waals surface area contributed by atoms with E-state index in [0.29, 0.717) is 19.8 Å². The van der Waals surface area contributed by atoms with E-state index in [2.05, 4.69) is 6.07 Å². The normalized spacial score (nSPS) is 38.5. The fraction of sp³-hybridized carbons (Fsp3) is 0.882. The van der Waals surface area contributed by atoms with Crippen LogP contribution in [-0.2, 0) is 19.0 Å². The van der Waals surface area contributed by atoms with Gasteiger partial charge >= 0.3 is 0 Å². The Morgan fingerprint density at radius 1 is 1.45 bits per heavy atom. The zero-order valence-corrected chi connectivity index (χ0v) is 13.4. The average molecular weight is 307 g/mol. The number of fused-ring (bicyclic) bond motifs is 1. The minimum atomic E-state index is -0.486. The Labute approximate surface area is 131 Å². The molecule has 1 heterocycles. The van der Waals surface area contributed by atoms with Crippen molar-refractivity contribution in [1.29, 1.82) is 5.26 Å². The van der Waals surface area contributed by atoms with E-state index in [4.69, 9.17) is 14.2 Å². The second-order valence-electron chi connectivity index (χ2n) is 6.78. The first-order chi connectivity index (χ1) is 10.6. The standard InChI is InChI=1S/C17H25NO4/c1-3-20-11(2)15-13(10-18)8-12-9-17(21-6-7-22-17)5-4-14(12)16(15)19/h11-15H,3-9H2,1-2H3. The van der Waals surface area contributed by atoms with Gasteiger partial charge in [-0.3, -0.25) is 4.79 Å². The van der Waals surface area contributed by atoms with E-state index in [9.17, 15) is 10.1 Å². The van der Waals surface area contributed by atoms with Crippen molar-refractivity contribution in [3.05, 3.63) is 0 Å². The highest BCUT2D eigenvalue weighted by Crippen LogP contribution is 2.49. The molecule has 0 aromatic heterocycles. The molecule has 0 amide bonds. The van der Waals surface area contributed by atoms with Gasteiger partial charge in [-0.2, -0.15) is 5.26 Å². The van der Waals surface area contributed by atoms with Crippen molar-refractivity contribution in [2.45, 2.75) is 51.4 Å². The summed E-state index contributed by atoms with van der Waals surface area (Å²) in [6, 6.07) is 2.35. The van der Waals surface area contributed by atoms with Gasteiger partial charge in [0.2, 0.25) is 0 Å². The molecule has 3 aliphatic rings. The lowest BCUT2D eigenvalue weighted by atomic mass is 9.60. The van der Waals surface area contributed by atoms with Crippen LogP contribution in [0.15, 0.2) is 0 Å². The maximum Gasteiger partial charge on any atom is 0.168 e. The monoisotopic (exact) mass is 307 g/mol. The van der Waals surface area contributed by atoms with Gasteiger partial charge in [-0.15, -0.1) is 0 Å². The van der Waals surface area contributed by atoms with Crippen molar-refractivity contribution in [2.75, 3.05) is 19.8 Å². The van der Waals surface area contributed by atoms with E-state index in [-0.39, 0.29) is 35.6 Å². The largest absolute Gasteiger partial charge is 0.378 e. The molecule has 0 radical (unpaired) electrons. The number of carbonyl (C=O) groups excluding carboxylic acids is 1. The molecule has 2 saturated carbocycles. The molecule has 5 nitrogen and oxygen atoms in total. The van der Waals surface area contributed by atoms with Crippen LogP contribution in [0.25, 0.3) is 0 Å². The third-order valence-corrected chi connectivity index (χ3v) is 5.58. The number of carbonyl (C=O) groups is 1. The molecule has 5 heteroatoms. The summed E-state index contributed by atoms with van der Waals surface area (Å²) in [6.07, 6.45) is 2.91. The molecule has 3 rings (SSSR count). The molecule has 1 aliphatic heterocycles. The molecular weight excluding hydrogens is 282 g/mol. The summed E-state index contributed by atoms with van der Waals surface area (Å²) in [5.74, 6) is -0.570. The van der Waals surface area contributed by atoms with Gasteiger partial charge in [0.25, 0.3) is 0 Å². The van der Waals surface area contributed by atoms with Crippen LogP contribution < -0.4 is 0 Å². The van der Waals surface area contributed by atoms with E-state index in [1.165, 1.54) is 0 Å². The van der Waals surface area contributed by atoms with Crippen molar-refractivity contribution in [3.63, 3.8) is 0 Å². The summed E-state index contributed by atoms with van der Waals surface area (Å²) in [5, 5.41) is 9.52. The highest BCUT2D eigenvalue weighted by atomic mass is 16.7. The molecule has 1 spiro atoms. The predicted molar refractivity (Wildman–Crippen MR) is 78.8 cm³/mol. The Hall–Kier alpha value is -0.960. The summed E-state index contributed by atoms with van der Waals surface area (Å²) < 4.78 is 17.2. The van der Waals surface area contributed by atoms with E-state index < -0.39 is 5.79 Å². The lowest BCUT2D eigenvalue weighted by molar-refractivity contribution is -0.201. The summed E-state index contributed by atoms with van der Waals surface area (Å²) in [7, 11) is 0. The molecule has 1 saturated heterocycles. The smallest absolute Gasteiger partial charge is 0.168 e. The average Bonchev–Trinajstić information content (AvgIpc) is 2.94. The van der Waals surface area contributed by atoms with Crippen LogP contribution in [0.4, 0.5) is 0 Å². The first-order valence-electron chi connectivity index (χ1n) is 8.43. The van der Waals surface area contributed by atoms with E-state index in [1.807, 2.05) is 13.8 Å². The fourth-order valence-electron chi connectivity index (χ4n) is 4.61. The number of ketones is 1. The van der Waals surface area contributed by atoms with Crippen LogP contribution in [0.3, 0.4) is 0 Å². The van der Waals surface area contributed by atoms with Crippen molar-refractivity contribution in [2.24, 2.45) is 23.7 Å². The maximum atomic E-state index is 12.9. The van der Waals surface area contributed by atoms with Gasteiger partial charge in [0.05, 0.1) is 37.2 Å². The molecule has 5 unspecified atom stereocenters. The van der Waals surface area contributed by atoms with Crippen LogP contribution >= 0.6 is 0 Å². The molecule has 2 aliphatic carbocycles. The minimum Gasteiger partial charge on any atom is -0.378 e. The molecule has 122 valence electrons. The minimum absolute atomic E-state index is 0.0379. The van der Waals surface area contributed by atoms with Gasteiger partial charge in [-0.05, 0) is 32.6 Å². The van der Waals surface area contributed by atoms with Gasteiger partial charge in [-0.1, -0.05) is 0 Å². The lowest BCUT2D eigenvalue weighted by Crippen LogP contribution is -2.51. The number of Topliss-reactive ketones (excluding diaryl/α,β-unsaturated/α-hetero) is 1. The van der Waals surface area contributed by atoms with Crippen molar-refractivity contribution < 1.29 is 19.0 Å². The number of ether oxygens (including phenoxy) is 3. The summed E-state index contributed by atoms with van der Waals surface area (Å²) in [4.78, 5) is 12.9. The highest BCUT2D eigenvalue weighted by molar-refractivity contribution is 5.86. The van der Waals surface area contributed by atoms with E-state index in [0.717, 1.165) is 25.7 Å². The number of hydrogen-bond donors (Lipinski definition) is 0. The second kappa shape index (κ2) is 6.27. The number of hydrogen-bond acceptors (Lipinski definition) is 5.